The number of likely N-dealkylation sites (tertiary alicyclic amines) is 1. The Labute approximate surface area is 201 Å². The predicted octanol–water partition coefficient (Wildman–Crippen LogP) is 5.20. The molecule has 3 aromatic carbocycles. The van der Waals surface area contributed by atoms with Crippen LogP contribution in [0, 0.1) is 0 Å². The van der Waals surface area contributed by atoms with Gasteiger partial charge >= 0.3 is 11.7 Å². The van der Waals surface area contributed by atoms with Gasteiger partial charge in [0.2, 0.25) is 5.91 Å². The van der Waals surface area contributed by atoms with Crippen LogP contribution in [0.1, 0.15) is 18.4 Å². The summed E-state index contributed by atoms with van der Waals surface area (Å²) in [6, 6.07) is 24.9. The molecule has 0 radical (unpaired) electrons. The molecule has 1 saturated heterocycles. The van der Waals surface area contributed by atoms with Gasteiger partial charge in [-0.3, -0.25) is 9.69 Å². The monoisotopic (exact) mass is 468 g/mol. The number of benzene rings is 3. The number of carbonyl (C=O) groups is 2. The topological polar surface area (TPSA) is 88.9 Å². The molecule has 0 saturated carbocycles. The zero-order chi connectivity index (χ0) is 24.2. The Morgan fingerprint density at radius 2 is 1.77 bits per heavy atom. The summed E-state index contributed by atoms with van der Waals surface area (Å²) >= 11 is 0. The third kappa shape index (κ3) is 4.94. The van der Waals surface area contributed by atoms with Gasteiger partial charge in [-0.1, -0.05) is 60.7 Å². The summed E-state index contributed by atoms with van der Waals surface area (Å²) in [5.74, 6) is -0.290. The highest BCUT2D eigenvalue weighted by Gasteiger charge is 2.35. The van der Waals surface area contributed by atoms with E-state index in [2.05, 4.69) is 5.32 Å². The van der Waals surface area contributed by atoms with E-state index in [4.69, 9.17) is 9.15 Å². The fourth-order valence-electron chi connectivity index (χ4n) is 4.31. The minimum Gasteiger partial charge on any atom is -0.445 e. The molecule has 1 fully saturated rings. The average Bonchev–Trinajstić information content (AvgIpc) is 3.38. The first-order valence-corrected chi connectivity index (χ1v) is 11.5. The van der Waals surface area contributed by atoms with E-state index in [-0.39, 0.29) is 12.5 Å². The number of rotatable bonds is 5. The van der Waals surface area contributed by atoms with Crippen molar-refractivity contribution < 1.29 is 18.7 Å². The maximum absolute atomic E-state index is 13.1. The van der Waals surface area contributed by atoms with Gasteiger partial charge in [0.05, 0.1) is 5.56 Å². The van der Waals surface area contributed by atoms with Gasteiger partial charge < -0.3 is 14.5 Å². The highest BCUT2D eigenvalue weighted by atomic mass is 16.6. The lowest BCUT2D eigenvalue weighted by molar-refractivity contribution is -0.120. The van der Waals surface area contributed by atoms with Crippen molar-refractivity contribution in [3.63, 3.8) is 0 Å². The van der Waals surface area contributed by atoms with Crippen LogP contribution in [0.2, 0.25) is 0 Å². The van der Waals surface area contributed by atoms with Crippen LogP contribution >= 0.6 is 0 Å². The maximum atomic E-state index is 13.1. The zero-order valence-corrected chi connectivity index (χ0v) is 19.0. The first kappa shape index (κ1) is 22.4. The van der Waals surface area contributed by atoms with Crippen LogP contribution in [0.3, 0.4) is 0 Å². The Bertz CT molecular complexity index is 1430. The van der Waals surface area contributed by atoms with E-state index in [1.165, 1.54) is 4.90 Å². The third-order valence-corrected chi connectivity index (χ3v) is 6.08. The summed E-state index contributed by atoms with van der Waals surface area (Å²) in [6.45, 7) is 0.616. The second-order valence-corrected chi connectivity index (χ2v) is 8.45. The zero-order valence-electron chi connectivity index (χ0n) is 19.0. The fraction of sp³-hybridized carbons (Fsp3) is 0.179. The summed E-state index contributed by atoms with van der Waals surface area (Å²) in [7, 11) is 0. The number of anilines is 1. The molecule has 0 spiro atoms. The van der Waals surface area contributed by atoms with Crippen molar-refractivity contribution in [3.8, 4) is 11.1 Å². The first-order chi connectivity index (χ1) is 17.1. The van der Waals surface area contributed by atoms with Gasteiger partial charge in [0.15, 0.2) is 0 Å². The summed E-state index contributed by atoms with van der Waals surface area (Å²) in [6.07, 6.45) is 0.769. The Balaban J connectivity index is 1.29. The molecule has 7 heteroatoms. The van der Waals surface area contributed by atoms with Crippen LogP contribution in [0.15, 0.2) is 94.1 Å². The SMILES string of the molecule is O=C(Nc1cccc(-c2cc3ccccc3oc2=O)c1)[C@@H]1CCCN1C(=O)OCc1ccccc1. The average molecular weight is 469 g/mol. The minimum atomic E-state index is -0.618. The van der Waals surface area contributed by atoms with E-state index >= 15 is 0 Å². The number of fused-ring (bicyclic) bond motifs is 1. The normalized spacial score (nSPS) is 15.2. The molecule has 35 heavy (non-hydrogen) atoms. The summed E-state index contributed by atoms with van der Waals surface area (Å²) in [5, 5.41) is 3.70. The first-order valence-electron chi connectivity index (χ1n) is 11.5. The van der Waals surface area contributed by atoms with Gasteiger partial charge in [0.25, 0.3) is 0 Å². The van der Waals surface area contributed by atoms with Gasteiger partial charge in [-0.15, -0.1) is 0 Å². The molecule has 1 aromatic heterocycles. The van der Waals surface area contributed by atoms with Crippen LogP contribution in [0.5, 0.6) is 0 Å². The number of hydrogen-bond donors (Lipinski definition) is 1. The van der Waals surface area contributed by atoms with Gasteiger partial charge in [0.1, 0.15) is 18.2 Å². The number of nitrogens with zero attached hydrogens (tertiary/aromatic N) is 1. The molecule has 5 rings (SSSR count). The maximum Gasteiger partial charge on any atom is 0.410 e. The molecule has 1 N–H and O–H groups in total. The Kier molecular flexibility index (Phi) is 6.30. The van der Waals surface area contributed by atoms with E-state index in [0.717, 1.165) is 17.4 Å². The predicted molar refractivity (Wildman–Crippen MR) is 133 cm³/mol. The number of hydrogen-bond acceptors (Lipinski definition) is 5. The number of ether oxygens (including phenoxy) is 1. The van der Waals surface area contributed by atoms with Crippen molar-refractivity contribution in [2.24, 2.45) is 0 Å². The summed E-state index contributed by atoms with van der Waals surface area (Å²) < 4.78 is 10.9. The van der Waals surface area contributed by atoms with Gasteiger partial charge in [0, 0.05) is 17.6 Å². The van der Waals surface area contributed by atoms with E-state index < -0.39 is 17.8 Å². The number of para-hydroxylation sites is 1. The quantitative estimate of drug-likeness (QED) is 0.407. The molecule has 1 aliphatic heterocycles. The molecule has 4 aromatic rings. The van der Waals surface area contributed by atoms with Gasteiger partial charge in [-0.2, -0.15) is 0 Å². The lowest BCUT2D eigenvalue weighted by atomic mass is 10.1. The van der Waals surface area contributed by atoms with E-state index in [9.17, 15) is 14.4 Å². The van der Waals surface area contributed by atoms with Crippen molar-refractivity contribution in [1.82, 2.24) is 4.90 Å². The highest BCUT2D eigenvalue weighted by Crippen LogP contribution is 2.25. The Hall–Kier alpha value is -4.39. The van der Waals surface area contributed by atoms with E-state index in [0.29, 0.717) is 35.4 Å². The fourth-order valence-corrected chi connectivity index (χ4v) is 4.31. The smallest absolute Gasteiger partial charge is 0.410 e. The van der Waals surface area contributed by atoms with Crippen LogP contribution in [-0.4, -0.2) is 29.5 Å². The molecule has 1 atom stereocenters. The van der Waals surface area contributed by atoms with Crippen LogP contribution in [0.25, 0.3) is 22.1 Å². The number of amides is 2. The Morgan fingerprint density at radius 1 is 0.971 bits per heavy atom. The van der Waals surface area contributed by atoms with Crippen LogP contribution in [-0.2, 0) is 16.1 Å². The number of carbonyl (C=O) groups excluding carboxylic acids is 2. The van der Waals surface area contributed by atoms with Gasteiger partial charge in [-0.25, -0.2) is 9.59 Å². The molecule has 2 heterocycles. The van der Waals surface area contributed by atoms with Crippen molar-refractivity contribution in [2.45, 2.75) is 25.5 Å². The molecule has 0 bridgehead atoms. The third-order valence-electron chi connectivity index (χ3n) is 6.08. The summed E-state index contributed by atoms with van der Waals surface area (Å²) in [4.78, 5) is 39.7. The van der Waals surface area contributed by atoms with Gasteiger partial charge in [-0.05, 0) is 48.2 Å². The standard InChI is InChI=1S/C28H24N2O5/c31-26(24-13-7-15-30(24)28(33)34-18-19-8-2-1-3-9-19)29-22-12-6-11-20(16-22)23-17-21-10-4-5-14-25(21)35-27(23)32/h1-6,8-12,14,16-17,24H,7,13,15,18H2,(H,29,31)/t24-/m0/s1. The minimum absolute atomic E-state index is 0.154. The molecule has 7 nitrogen and oxygen atoms in total. The lowest BCUT2D eigenvalue weighted by Crippen LogP contribution is -2.43. The largest absolute Gasteiger partial charge is 0.445 e. The molecule has 0 unspecified atom stereocenters. The second-order valence-electron chi connectivity index (χ2n) is 8.45. The van der Waals surface area contributed by atoms with E-state index in [1.807, 2.05) is 48.5 Å². The second kappa shape index (κ2) is 9.85. The molecule has 2 amide bonds. The van der Waals surface area contributed by atoms with E-state index in [1.54, 1.807) is 36.4 Å². The van der Waals surface area contributed by atoms with Crippen molar-refractivity contribution in [2.75, 3.05) is 11.9 Å². The van der Waals surface area contributed by atoms with Crippen molar-refractivity contribution >= 4 is 28.7 Å². The highest BCUT2D eigenvalue weighted by molar-refractivity contribution is 5.97. The number of nitrogens with one attached hydrogen (secondary N) is 1. The summed E-state index contributed by atoms with van der Waals surface area (Å²) in [5.41, 5.74) is 2.53. The molecular formula is C28H24N2O5. The molecular weight excluding hydrogens is 444 g/mol. The Morgan fingerprint density at radius 3 is 2.63 bits per heavy atom. The molecule has 0 aliphatic carbocycles. The van der Waals surface area contributed by atoms with Crippen LogP contribution in [0.4, 0.5) is 10.5 Å². The van der Waals surface area contributed by atoms with Crippen molar-refractivity contribution in [3.05, 3.63) is 101 Å². The van der Waals surface area contributed by atoms with Crippen molar-refractivity contribution in [1.29, 1.82) is 0 Å². The molecule has 1 aliphatic rings. The lowest BCUT2D eigenvalue weighted by Gasteiger charge is -2.23. The van der Waals surface area contributed by atoms with Crippen LogP contribution < -0.4 is 10.9 Å². The molecule has 176 valence electrons.